The van der Waals surface area contributed by atoms with E-state index >= 15 is 0 Å². The summed E-state index contributed by atoms with van der Waals surface area (Å²) < 4.78 is 40.7. The molecule has 0 aromatic heterocycles. The summed E-state index contributed by atoms with van der Waals surface area (Å²) in [7, 11) is -1.65. The van der Waals surface area contributed by atoms with Crippen LogP contribution in [-0.2, 0) is 33.4 Å². The van der Waals surface area contributed by atoms with Gasteiger partial charge in [0.2, 0.25) is 0 Å². The highest BCUT2D eigenvalue weighted by molar-refractivity contribution is 7.86. The molecule has 31 heavy (non-hydrogen) atoms. The maximum absolute atomic E-state index is 12.7. The van der Waals surface area contributed by atoms with Crippen LogP contribution >= 0.6 is 0 Å². The third kappa shape index (κ3) is 3.41. The number of fused-ring (bicyclic) bond motifs is 1. The van der Waals surface area contributed by atoms with Crippen LogP contribution in [0.3, 0.4) is 0 Å². The Bertz CT molecular complexity index is 1050. The Morgan fingerprint density at radius 3 is 2.10 bits per heavy atom. The lowest BCUT2D eigenvalue weighted by molar-refractivity contribution is -0.384. The van der Waals surface area contributed by atoms with Crippen molar-refractivity contribution in [2.75, 3.05) is 14.2 Å². The van der Waals surface area contributed by atoms with Crippen LogP contribution in [0.15, 0.2) is 41.3 Å². The summed E-state index contributed by atoms with van der Waals surface area (Å²) in [5, 5.41) is 10.8. The van der Waals surface area contributed by atoms with Crippen molar-refractivity contribution >= 4 is 27.7 Å². The molecule has 0 N–H and O–H groups in total. The van der Waals surface area contributed by atoms with Crippen LogP contribution in [0.25, 0.3) is 0 Å². The van der Waals surface area contributed by atoms with Gasteiger partial charge in [0.15, 0.2) is 0 Å². The number of nitro groups is 1. The van der Waals surface area contributed by atoms with Crippen LogP contribution in [0.2, 0.25) is 0 Å². The second kappa shape index (κ2) is 7.72. The molecule has 0 heterocycles. The summed E-state index contributed by atoms with van der Waals surface area (Å²) in [6, 6.07) is 4.45. The zero-order valence-corrected chi connectivity index (χ0v) is 17.6. The van der Waals surface area contributed by atoms with Crippen molar-refractivity contribution in [3.63, 3.8) is 0 Å². The highest BCUT2D eigenvalue weighted by atomic mass is 32.2. The number of methoxy groups -OCH3 is 2. The Labute approximate surface area is 178 Å². The first kappa shape index (κ1) is 21.4. The molecule has 7 atom stereocenters. The average Bonchev–Trinajstić information content (AvgIpc) is 2.75. The molecule has 4 aliphatic carbocycles. The van der Waals surface area contributed by atoms with Crippen molar-refractivity contribution in [2.45, 2.75) is 17.4 Å². The Kier molecular flexibility index (Phi) is 5.34. The van der Waals surface area contributed by atoms with E-state index in [9.17, 15) is 28.1 Å². The second-order valence-corrected chi connectivity index (χ2v) is 9.53. The van der Waals surface area contributed by atoms with Gasteiger partial charge in [0.05, 0.1) is 42.0 Å². The molecule has 0 saturated heterocycles. The lowest BCUT2D eigenvalue weighted by Crippen LogP contribution is -2.63. The summed E-state index contributed by atoms with van der Waals surface area (Å²) in [4.78, 5) is 34.9. The van der Waals surface area contributed by atoms with Crippen LogP contribution in [-0.4, -0.2) is 45.6 Å². The minimum Gasteiger partial charge on any atom is -0.469 e. The van der Waals surface area contributed by atoms with Crippen LogP contribution in [0.4, 0.5) is 5.69 Å². The molecular weight excluding hydrogens is 430 g/mol. The molecule has 166 valence electrons. The first-order valence-corrected chi connectivity index (χ1v) is 11.1. The van der Waals surface area contributed by atoms with Gasteiger partial charge in [-0.2, -0.15) is 8.42 Å². The SMILES string of the molecule is COC(=O)[C@H]1[C@@H]2C=C[C@@H]([C@@H]1C(=O)OC)[C@@H]1[C@@H]2C[C@@H]1OS(=O)(=O)c1ccc([N+](=O)[O-])cc1. The van der Waals surface area contributed by atoms with Crippen LogP contribution in [0.5, 0.6) is 0 Å². The van der Waals surface area contributed by atoms with E-state index < -0.39 is 50.8 Å². The predicted molar refractivity (Wildman–Crippen MR) is 104 cm³/mol. The number of nitro benzene ring substituents is 1. The fourth-order valence-corrected chi connectivity index (χ4v) is 6.41. The number of hydrogen-bond donors (Lipinski definition) is 0. The molecule has 5 rings (SSSR count). The number of carbonyl (C=O) groups is 2. The number of non-ortho nitro benzene ring substituents is 1. The molecule has 4 aliphatic rings. The van der Waals surface area contributed by atoms with E-state index in [1.807, 2.05) is 12.2 Å². The molecule has 0 amide bonds. The van der Waals surface area contributed by atoms with Gasteiger partial charge < -0.3 is 9.47 Å². The van der Waals surface area contributed by atoms with Crippen LogP contribution in [0.1, 0.15) is 6.42 Å². The molecule has 0 aliphatic heterocycles. The third-order valence-electron chi connectivity index (χ3n) is 6.67. The van der Waals surface area contributed by atoms with Gasteiger partial charge in [-0.25, -0.2) is 0 Å². The molecule has 2 fully saturated rings. The lowest BCUT2D eigenvalue weighted by Gasteiger charge is -2.59. The van der Waals surface area contributed by atoms with Crippen molar-refractivity contribution in [1.82, 2.24) is 0 Å². The Morgan fingerprint density at radius 1 is 1.00 bits per heavy atom. The number of hydrogen-bond acceptors (Lipinski definition) is 9. The minimum atomic E-state index is -4.16. The lowest BCUT2D eigenvalue weighted by atomic mass is 9.45. The van der Waals surface area contributed by atoms with Gasteiger partial charge in [-0.05, 0) is 42.2 Å². The van der Waals surface area contributed by atoms with Crippen molar-refractivity contribution in [2.24, 2.45) is 35.5 Å². The van der Waals surface area contributed by atoms with Gasteiger partial charge in [-0.1, -0.05) is 12.2 Å². The van der Waals surface area contributed by atoms with E-state index in [-0.39, 0.29) is 28.3 Å². The maximum atomic E-state index is 12.7. The fraction of sp³-hybridized carbons (Fsp3) is 0.500. The molecule has 1 aromatic carbocycles. The summed E-state index contributed by atoms with van der Waals surface area (Å²) in [5.41, 5.74) is -0.229. The normalized spacial score (nSPS) is 33.2. The first-order chi connectivity index (χ1) is 14.7. The minimum absolute atomic E-state index is 0.0166. The van der Waals surface area contributed by atoms with Crippen molar-refractivity contribution in [3.05, 3.63) is 46.5 Å². The standard InChI is InChI=1S/C20H21NO9S/c1-28-19(22)17-12-7-8-13(18(17)20(23)29-2)16-14(12)9-15(16)30-31(26,27)11-5-3-10(4-6-11)21(24)25/h3-8,12-18H,9H2,1-2H3/t12-,13-,14-,15+,16-,17+,18+/m1/s1. The van der Waals surface area contributed by atoms with Gasteiger partial charge >= 0.3 is 11.9 Å². The molecular formula is C20H21NO9S. The Balaban J connectivity index is 1.57. The van der Waals surface area contributed by atoms with Crippen LogP contribution in [0, 0.1) is 45.6 Å². The highest BCUT2D eigenvalue weighted by Gasteiger charge is 2.64. The maximum Gasteiger partial charge on any atom is 0.310 e. The smallest absolute Gasteiger partial charge is 0.310 e. The van der Waals surface area contributed by atoms with E-state index in [4.69, 9.17) is 13.7 Å². The van der Waals surface area contributed by atoms with Crippen molar-refractivity contribution in [1.29, 1.82) is 0 Å². The fourth-order valence-electron chi connectivity index (χ4n) is 5.30. The molecule has 2 bridgehead atoms. The number of ether oxygens (including phenoxy) is 2. The number of rotatable bonds is 6. The monoisotopic (exact) mass is 451 g/mol. The van der Waals surface area contributed by atoms with Gasteiger partial charge in [0.1, 0.15) is 0 Å². The van der Waals surface area contributed by atoms with Crippen LogP contribution < -0.4 is 0 Å². The van der Waals surface area contributed by atoms with E-state index in [0.717, 1.165) is 24.3 Å². The summed E-state index contributed by atoms with van der Waals surface area (Å²) >= 11 is 0. The van der Waals surface area contributed by atoms with Gasteiger partial charge in [0.25, 0.3) is 15.8 Å². The molecule has 10 nitrogen and oxygen atoms in total. The van der Waals surface area contributed by atoms with Gasteiger partial charge in [-0.15, -0.1) is 0 Å². The summed E-state index contributed by atoms with van der Waals surface area (Å²) in [5.74, 6) is -3.47. The highest BCUT2D eigenvalue weighted by Crippen LogP contribution is 2.61. The number of carbonyl (C=O) groups excluding carboxylic acids is 2. The van der Waals surface area contributed by atoms with Gasteiger partial charge in [-0.3, -0.25) is 23.9 Å². The molecule has 2 saturated carbocycles. The zero-order chi connectivity index (χ0) is 22.5. The second-order valence-electron chi connectivity index (χ2n) is 7.95. The summed E-state index contributed by atoms with van der Waals surface area (Å²) in [6.07, 6.45) is 3.46. The number of esters is 2. The molecule has 0 radical (unpaired) electrons. The number of allylic oxidation sites excluding steroid dienone is 2. The zero-order valence-electron chi connectivity index (χ0n) is 16.7. The average molecular weight is 451 g/mol. The van der Waals surface area contributed by atoms with E-state index in [1.165, 1.54) is 14.2 Å². The molecule has 0 spiro atoms. The van der Waals surface area contributed by atoms with E-state index in [2.05, 4.69) is 0 Å². The van der Waals surface area contributed by atoms with Crippen molar-refractivity contribution < 1.29 is 36.6 Å². The van der Waals surface area contributed by atoms with E-state index in [0.29, 0.717) is 6.42 Å². The largest absolute Gasteiger partial charge is 0.469 e. The third-order valence-corrected chi connectivity index (χ3v) is 8.02. The molecule has 0 unspecified atom stereocenters. The predicted octanol–water partition coefficient (Wildman–Crippen LogP) is 1.70. The van der Waals surface area contributed by atoms with Gasteiger partial charge in [0, 0.05) is 12.1 Å². The van der Waals surface area contributed by atoms with Crippen molar-refractivity contribution in [3.8, 4) is 0 Å². The topological polar surface area (TPSA) is 139 Å². The molecule has 1 aromatic rings. The number of benzene rings is 1. The Hall–Kier alpha value is -2.79. The van der Waals surface area contributed by atoms with E-state index in [1.54, 1.807) is 0 Å². The molecule has 11 heteroatoms. The number of nitrogens with zero attached hydrogens (tertiary/aromatic N) is 1. The summed E-state index contributed by atoms with van der Waals surface area (Å²) in [6.45, 7) is 0. The first-order valence-electron chi connectivity index (χ1n) is 9.71. The Morgan fingerprint density at radius 2 is 1.55 bits per heavy atom. The quantitative estimate of drug-likeness (QED) is 0.208.